The highest BCUT2D eigenvalue weighted by molar-refractivity contribution is 5.83. The number of halogens is 3. The van der Waals surface area contributed by atoms with Gasteiger partial charge in [-0.1, -0.05) is 19.1 Å². The molecule has 9 nitrogen and oxygen atoms in total. The molecule has 3 heterocycles. The third-order valence-electron chi connectivity index (χ3n) is 6.02. The number of aryl methyl sites for hydroxylation is 2. The average molecular weight is 523 g/mol. The van der Waals surface area contributed by atoms with Crippen LogP contribution in [0.2, 0.25) is 0 Å². The van der Waals surface area contributed by atoms with Crippen molar-refractivity contribution in [1.29, 1.82) is 0 Å². The number of benzene rings is 2. The van der Waals surface area contributed by atoms with Crippen LogP contribution in [0.4, 0.5) is 30.6 Å². The van der Waals surface area contributed by atoms with Gasteiger partial charge in [0.25, 0.3) is 0 Å². The van der Waals surface area contributed by atoms with E-state index in [9.17, 15) is 13.2 Å². The van der Waals surface area contributed by atoms with Gasteiger partial charge in [-0.05, 0) is 49.2 Å². The highest BCUT2D eigenvalue weighted by Gasteiger charge is 2.31. The van der Waals surface area contributed by atoms with Crippen LogP contribution in [-0.4, -0.2) is 29.7 Å². The summed E-state index contributed by atoms with van der Waals surface area (Å²) in [5, 5.41) is 13.9. The number of hydrogen-bond acceptors (Lipinski definition) is 7. The normalized spacial score (nSPS) is 12.5. The monoisotopic (exact) mass is 522 g/mol. The van der Waals surface area contributed by atoms with Gasteiger partial charge in [0.05, 0.1) is 22.6 Å². The standard InChI is InChI=1S/C26H25F3N8O/c1-4-20(16-5-8-19(9-6-16)38-25-30-13-17(14-31-25)26(27,28)29)33-24-34-21-10-7-18(12-22(21)37(24)3)32-23-11-15(2)35-36-23/h5-14,20H,4H2,1-3H3,(H,33,34)(H2,32,35,36). The van der Waals surface area contributed by atoms with Crippen molar-refractivity contribution >= 4 is 28.5 Å². The lowest BCUT2D eigenvalue weighted by Gasteiger charge is -2.18. The molecule has 0 bridgehead atoms. The lowest BCUT2D eigenvalue weighted by atomic mass is 10.0. The van der Waals surface area contributed by atoms with E-state index in [4.69, 9.17) is 9.72 Å². The molecular weight excluding hydrogens is 497 g/mol. The van der Waals surface area contributed by atoms with E-state index in [1.165, 1.54) is 0 Å². The second kappa shape index (κ2) is 10.0. The molecule has 0 aliphatic rings. The van der Waals surface area contributed by atoms with Gasteiger partial charge in [-0.2, -0.15) is 18.3 Å². The summed E-state index contributed by atoms with van der Waals surface area (Å²) >= 11 is 0. The van der Waals surface area contributed by atoms with Gasteiger partial charge >= 0.3 is 12.2 Å². The summed E-state index contributed by atoms with van der Waals surface area (Å²) in [6.07, 6.45) is -2.32. The first-order valence-electron chi connectivity index (χ1n) is 11.9. The van der Waals surface area contributed by atoms with E-state index >= 15 is 0 Å². The van der Waals surface area contributed by atoms with Gasteiger partial charge in [0.15, 0.2) is 5.82 Å². The first kappa shape index (κ1) is 25.1. The molecular formula is C26H25F3N8O. The Morgan fingerprint density at radius 2 is 1.79 bits per heavy atom. The summed E-state index contributed by atoms with van der Waals surface area (Å²) in [6.45, 7) is 4.01. The fourth-order valence-corrected chi connectivity index (χ4v) is 3.99. The quantitative estimate of drug-likeness (QED) is 0.213. The van der Waals surface area contributed by atoms with Crippen LogP contribution in [0.3, 0.4) is 0 Å². The van der Waals surface area contributed by atoms with Crippen LogP contribution in [0.1, 0.15) is 36.2 Å². The van der Waals surface area contributed by atoms with Crippen LogP contribution in [0, 0.1) is 6.92 Å². The van der Waals surface area contributed by atoms with Gasteiger partial charge in [0, 0.05) is 36.9 Å². The van der Waals surface area contributed by atoms with Gasteiger partial charge in [0.1, 0.15) is 5.75 Å². The molecule has 5 rings (SSSR count). The summed E-state index contributed by atoms with van der Waals surface area (Å²) in [5.41, 5.74) is 3.75. The first-order chi connectivity index (χ1) is 18.2. The molecule has 3 aromatic heterocycles. The van der Waals surface area contributed by atoms with Crippen molar-refractivity contribution in [3.8, 4) is 11.8 Å². The maximum Gasteiger partial charge on any atom is 0.419 e. The van der Waals surface area contributed by atoms with Crippen molar-refractivity contribution < 1.29 is 17.9 Å². The molecule has 0 aliphatic heterocycles. The Labute approximate surface area is 216 Å². The van der Waals surface area contributed by atoms with Gasteiger partial charge in [-0.3, -0.25) is 5.10 Å². The van der Waals surface area contributed by atoms with Crippen LogP contribution in [0.15, 0.2) is 60.9 Å². The highest BCUT2D eigenvalue weighted by Crippen LogP contribution is 2.30. The number of nitrogens with zero attached hydrogens (tertiary/aromatic N) is 5. The molecule has 0 spiro atoms. The third-order valence-corrected chi connectivity index (χ3v) is 6.02. The molecule has 196 valence electrons. The van der Waals surface area contributed by atoms with Crippen LogP contribution in [-0.2, 0) is 13.2 Å². The zero-order valence-corrected chi connectivity index (χ0v) is 20.8. The number of ether oxygens (including phenoxy) is 1. The van der Waals surface area contributed by atoms with Crippen molar-refractivity contribution in [3.63, 3.8) is 0 Å². The molecule has 12 heteroatoms. The fourth-order valence-electron chi connectivity index (χ4n) is 3.99. The minimum Gasteiger partial charge on any atom is -0.424 e. The SMILES string of the molecule is CCC(Nc1nc2ccc(Nc3cc(C)[nH]n3)cc2n1C)c1ccc(Oc2ncc(C(F)(F)F)cn2)cc1. The number of aromatic nitrogens is 6. The number of anilines is 3. The lowest BCUT2D eigenvalue weighted by molar-refractivity contribution is -0.138. The lowest BCUT2D eigenvalue weighted by Crippen LogP contribution is -2.13. The Hall–Kier alpha value is -4.61. The number of aromatic amines is 1. The summed E-state index contributed by atoms with van der Waals surface area (Å²) in [4.78, 5) is 12.0. The predicted octanol–water partition coefficient (Wildman–Crippen LogP) is 6.51. The van der Waals surface area contributed by atoms with Gasteiger partial charge in [-0.25, -0.2) is 15.0 Å². The summed E-state index contributed by atoms with van der Waals surface area (Å²) in [5.74, 6) is 1.88. The molecule has 1 atom stereocenters. The van der Waals surface area contributed by atoms with Crippen molar-refractivity contribution in [3.05, 3.63) is 77.7 Å². The van der Waals surface area contributed by atoms with E-state index in [2.05, 4.69) is 37.7 Å². The van der Waals surface area contributed by atoms with Crippen LogP contribution >= 0.6 is 0 Å². The van der Waals surface area contributed by atoms with E-state index < -0.39 is 11.7 Å². The summed E-state index contributed by atoms with van der Waals surface area (Å²) in [7, 11) is 1.95. The largest absolute Gasteiger partial charge is 0.424 e. The molecule has 0 saturated heterocycles. The molecule has 38 heavy (non-hydrogen) atoms. The Bertz CT molecular complexity index is 1540. The minimum absolute atomic E-state index is 0.0356. The number of nitrogens with one attached hydrogen (secondary N) is 3. The van der Waals surface area contributed by atoms with Gasteiger partial charge in [0.2, 0.25) is 5.95 Å². The highest BCUT2D eigenvalue weighted by atomic mass is 19.4. The van der Waals surface area contributed by atoms with Crippen molar-refractivity contribution in [2.75, 3.05) is 10.6 Å². The third kappa shape index (κ3) is 5.38. The van der Waals surface area contributed by atoms with Crippen LogP contribution in [0.25, 0.3) is 11.0 Å². The molecule has 2 aromatic carbocycles. The molecule has 5 aromatic rings. The van der Waals surface area contributed by atoms with E-state index in [1.54, 1.807) is 12.1 Å². The predicted molar refractivity (Wildman–Crippen MR) is 138 cm³/mol. The van der Waals surface area contributed by atoms with Crippen molar-refractivity contribution in [2.24, 2.45) is 7.05 Å². The Morgan fingerprint density at radius 3 is 2.42 bits per heavy atom. The Morgan fingerprint density at radius 1 is 1.05 bits per heavy atom. The molecule has 0 fully saturated rings. The van der Waals surface area contributed by atoms with E-state index in [-0.39, 0.29) is 12.1 Å². The Kier molecular flexibility index (Phi) is 6.62. The zero-order chi connectivity index (χ0) is 26.9. The molecule has 0 aliphatic carbocycles. The molecule has 0 radical (unpaired) electrons. The smallest absolute Gasteiger partial charge is 0.419 e. The molecule has 3 N–H and O–H groups in total. The maximum absolute atomic E-state index is 12.7. The number of alkyl halides is 3. The summed E-state index contributed by atoms with van der Waals surface area (Å²) < 4.78 is 45.6. The number of fused-ring (bicyclic) bond motifs is 1. The van der Waals surface area contributed by atoms with E-state index in [1.807, 2.05) is 54.9 Å². The van der Waals surface area contributed by atoms with E-state index in [0.717, 1.165) is 46.2 Å². The second-order valence-electron chi connectivity index (χ2n) is 8.79. The second-order valence-corrected chi connectivity index (χ2v) is 8.79. The number of imidazole rings is 1. The molecule has 0 amide bonds. The van der Waals surface area contributed by atoms with E-state index in [0.29, 0.717) is 18.1 Å². The number of rotatable bonds is 8. The molecule has 0 saturated carbocycles. The Balaban J connectivity index is 1.29. The number of H-pyrrole nitrogens is 1. The van der Waals surface area contributed by atoms with Crippen molar-refractivity contribution in [1.82, 2.24) is 29.7 Å². The van der Waals surface area contributed by atoms with Gasteiger partial charge in [-0.15, -0.1) is 0 Å². The maximum atomic E-state index is 12.7. The molecule has 1 unspecified atom stereocenters. The summed E-state index contributed by atoms with van der Waals surface area (Å²) in [6, 6.07) is 14.9. The minimum atomic E-state index is -4.50. The van der Waals surface area contributed by atoms with Crippen LogP contribution in [0.5, 0.6) is 11.8 Å². The topological polar surface area (TPSA) is 106 Å². The zero-order valence-electron chi connectivity index (χ0n) is 20.8. The van der Waals surface area contributed by atoms with Gasteiger partial charge < -0.3 is 19.9 Å². The number of hydrogen-bond donors (Lipinski definition) is 3. The fraction of sp³-hybridized carbons (Fsp3) is 0.231. The van der Waals surface area contributed by atoms with Crippen LogP contribution < -0.4 is 15.4 Å². The first-order valence-corrected chi connectivity index (χ1v) is 11.9. The van der Waals surface area contributed by atoms with Crippen molar-refractivity contribution in [2.45, 2.75) is 32.5 Å². The average Bonchev–Trinajstić information content (AvgIpc) is 3.44.